The smallest absolute Gasteiger partial charge is 0.252 e. The van der Waals surface area contributed by atoms with Gasteiger partial charge in [0.05, 0.1) is 6.61 Å². The van der Waals surface area contributed by atoms with Gasteiger partial charge in [0.2, 0.25) is 0 Å². The minimum atomic E-state index is -0.373. The summed E-state index contributed by atoms with van der Waals surface area (Å²) in [7, 11) is 0. The molecule has 3 rings (SSSR count). The molecule has 0 fully saturated rings. The Hall–Kier alpha value is -3.11. The van der Waals surface area contributed by atoms with Crippen molar-refractivity contribution < 1.29 is 14.7 Å². The predicted octanol–water partition coefficient (Wildman–Crippen LogP) is 4.42. The van der Waals surface area contributed by atoms with Gasteiger partial charge in [-0.2, -0.15) is 5.06 Å². The number of nitrogens with zero attached hydrogens (tertiary/aromatic N) is 1. The lowest BCUT2D eigenvalue weighted by molar-refractivity contribution is -0.161. The summed E-state index contributed by atoms with van der Waals surface area (Å²) in [5.74, 6) is 0.339. The average Bonchev–Trinajstić information content (AvgIpc) is 2.70. The third kappa shape index (κ3) is 4.54. The Labute approximate surface area is 159 Å². The van der Waals surface area contributed by atoms with Gasteiger partial charge in [0.15, 0.2) is 5.75 Å². The molecule has 0 aromatic heterocycles. The third-order valence-electron chi connectivity index (χ3n) is 4.36. The molecule has 1 atom stereocenters. The van der Waals surface area contributed by atoms with Gasteiger partial charge in [-0.15, -0.1) is 0 Å². The number of benzene rings is 3. The standard InChI is InChI=1S/C23H23NO3/c1-17-8-12-21(13-9-17)23(20-6-4-3-5-7-20)24(18(2)26)27-22-14-10-19(16-25)11-15-22/h3-15,23,25H,16H2,1-2H3. The van der Waals surface area contributed by atoms with Crippen LogP contribution in [-0.4, -0.2) is 16.1 Å². The molecule has 3 aromatic carbocycles. The van der Waals surface area contributed by atoms with Gasteiger partial charge in [0.1, 0.15) is 6.04 Å². The van der Waals surface area contributed by atoms with E-state index < -0.39 is 0 Å². The highest BCUT2D eigenvalue weighted by Gasteiger charge is 2.27. The summed E-state index contributed by atoms with van der Waals surface area (Å²) < 4.78 is 0. The van der Waals surface area contributed by atoms with Crippen LogP contribution in [0, 0.1) is 6.92 Å². The Morgan fingerprint density at radius 1 is 0.926 bits per heavy atom. The van der Waals surface area contributed by atoms with Crippen LogP contribution >= 0.6 is 0 Å². The van der Waals surface area contributed by atoms with Gasteiger partial charge in [-0.25, -0.2) is 0 Å². The highest BCUT2D eigenvalue weighted by Crippen LogP contribution is 2.30. The van der Waals surface area contributed by atoms with Crippen LogP contribution in [0.15, 0.2) is 78.9 Å². The van der Waals surface area contributed by atoms with Crippen molar-refractivity contribution in [3.63, 3.8) is 0 Å². The number of rotatable bonds is 6. The molecule has 0 radical (unpaired) electrons. The van der Waals surface area contributed by atoms with Crippen LogP contribution in [0.4, 0.5) is 0 Å². The number of aryl methyl sites for hydroxylation is 1. The highest BCUT2D eigenvalue weighted by atomic mass is 16.7. The fourth-order valence-corrected chi connectivity index (χ4v) is 2.92. The molecule has 1 N–H and O–H groups in total. The Balaban J connectivity index is 2.00. The Morgan fingerprint density at radius 2 is 1.52 bits per heavy atom. The van der Waals surface area contributed by atoms with Crippen molar-refractivity contribution >= 4 is 5.91 Å². The quantitative estimate of drug-likeness (QED) is 0.661. The second-order valence-electron chi connectivity index (χ2n) is 6.46. The van der Waals surface area contributed by atoms with E-state index in [0.29, 0.717) is 5.75 Å². The van der Waals surface area contributed by atoms with Crippen LogP contribution in [0.25, 0.3) is 0 Å². The second-order valence-corrected chi connectivity index (χ2v) is 6.46. The van der Waals surface area contributed by atoms with E-state index >= 15 is 0 Å². The lowest BCUT2D eigenvalue weighted by atomic mass is 9.97. The number of hydrogen-bond acceptors (Lipinski definition) is 3. The summed E-state index contributed by atoms with van der Waals surface area (Å²) in [5.41, 5.74) is 3.87. The van der Waals surface area contributed by atoms with Gasteiger partial charge in [0.25, 0.3) is 5.91 Å². The molecule has 1 unspecified atom stereocenters. The number of aliphatic hydroxyl groups excluding tert-OH is 1. The number of carbonyl (C=O) groups is 1. The van der Waals surface area contributed by atoms with Crippen molar-refractivity contribution in [1.82, 2.24) is 5.06 Å². The first-order chi connectivity index (χ1) is 13.1. The van der Waals surface area contributed by atoms with Crippen molar-refractivity contribution in [3.05, 3.63) is 101 Å². The van der Waals surface area contributed by atoms with Gasteiger partial charge in [-0.3, -0.25) is 4.79 Å². The van der Waals surface area contributed by atoms with E-state index in [2.05, 4.69) is 0 Å². The first kappa shape index (κ1) is 18.7. The molecule has 138 valence electrons. The number of hydrogen-bond donors (Lipinski definition) is 1. The summed E-state index contributed by atoms with van der Waals surface area (Å²) in [6.45, 7) is 3.49. The van der Waals surface area contributed by atoms with E-state index in [9.17, 15) is 9.90 Å². The molecule has 0 heterocycles. The highest BCUT2D eigenvalue weighted by molar-refractivity contribution is 5.73. The zero-order valence-corrected chi connectivity index (χ0v) is 15.5. The maximum Gasteiger partial charge on any atom is 0.252 e. The largest absolute Gasteiger partial charge is 0.392 e. The number of aliphatic hydroxyl groups is 1. The zero-order chi connectivity index (χ0) is 19.2. The zero-order valence-electron chi connectivity index (χ0n) is 15.5. The molecular weight excluding hydrogens is 338 g/mol. The van der Waals surface area contributed by atoms with E-state index in [0.717, 1.165) is 22.3 Å². The first-order valence-electron chi connectivity index (χ1n) is 8.87. The third-order valence-corrected chi connectivity index (χ3v) is 4.36. The van der Waals surface area contributed by atoms with E-state index in [-0.39, 0.29) is 18.6 Å². The SMILES string of the molecule is CC(=O)N(Oc1ccc(CO)cc1)C(c1ccccc1)c1ccc(C)cc1. The topological polar surface area (TPSA) is 49.8 Å². The molecule has 3 aromatic rings. The Kier molecular flexibility index (Phi) is 5.89. The van der Waals surface area contributed by atoms with Crippen molar-refractivity contribution in [2.75, 3.05) is 0 Å². The summed E-state index contributed by atoms with van der Waals surface area (Å²) >= 11 is 0. The van der Waals surface area contributed by atoms with E-state index in [1.165, 1.54) is 12.0 Å². The maximum absolute atomic E-state index is 12.5. The van der Waals surface area contributed by atoms with Crippen LogP contribution in [0.5, 0.6) is 5.75 Å². The van der Waals surface area contributed by atoms with Crippen molar-refractivity contribution in [3.8, 4) is 5.75 Å². The molecule has 0 bridgehead atoms. The van der Waals surface area contributed by atoms with Gasteiger partial charge in [-0.05, 0) is 35.7 Å². The molecule has 27 heavy (non-hydrogen) atoms. The summed E-state index contributed by atoms with van der Waals surface area (Å²) in [6, 6.07) is 24.6. The van der Waals surface area contributed by atoms with E-state index in [1.807, 2.05) is 61.5 Å². The monoisotopic (exact) mass is 361 g/mol. The summed E-state index contributed by atoms with van der Waals surface area (Å²) in [5, 5.41) is 10.6. The van der Waals surface area contributed by atoms with Crippen molar-refractivity contribution in [2.24, 2.45) is 0 Å². The normalized spacial score (nSPS) is 11.7. The molecule has 0 saturated carbocycles. The molecule has 0 aliphatic carbocycles. The fraction of sp³-hybridized carbons (Fsp3) is 0.174. The van der Waals surface area contributed by atoms with E-state index in [4.69, 9.17) is 4.84 Å². The number of carbonyl (C=O) groups excluding carboxylic acids is 1. The second kappa shape index (κ2) is 8.52. The molecule has 0 spiro atoms. The lowest BCUT2D eigenvalue weighted by Crippen LogP contribution is -2.36. The maximum atomic E-state index is 12.5. The van der Waals surface area contributed by atoms with Crippen molar-refractivity contribution in [1.29, 1.82) is 0 Å². The first-order valence-corrected chi connectivity index (χ1v) is 8.87. The van der Waals surface area contributed by atoms with Crippen molar-refractivity contribution in [2.45, 2.75) is 26.5 Å². The number of hydroxylamine groups is 2. The Morgan fingerprint density at radius 3 is 2.07 bits per heavy atom. The molecule has 0 aliphatic heterocycles. The van der Waals surface area contributed by atoms with Gasteiger partial charge in [0, 0.05) is 6.92 Å². The molecule has 4 heteroatoms. The summed E-state index contributed by atoms with van der Waals surface area (Å²) in [4.78, 5) is 18.5. The average molecular weight is 361 g/mol. The Bertz CT molecular complexity index is 874. The molecule has 1 amide bonds. The van der Waals surface area contributed by atoms with Gasteiger partial charge < -0.3 is 9.94 Å². The molecule has 0 aliphatic rings. The van der Waals surface area contributed by atoms with Crippen LogP contribution in [0.1, 0.15) is 35.2 Å². The van der Waals surface area contributed by atoms with Crippen LogP contribution < -0.4 is 4.84 Å². The lowest BCUT2D eigenvalue weighted by Gasteiger charge is -2.31. The van der Waals surface area contributed by atoms with Gasteiger partial charge >= 0.3 is 0 Å². The summed E-state index contributed by atoms with van der Waals surface area (Å²) in [6.07, 6.45) is 0. The van der Waals surface area contributed by atoms with E-state index in [1.54, 1.807) is 24.3 Å². The van der Waals surface area contributed by atoms with Crippen LogP contribution in [0.2, 0.25) is 0 Å². The predicted molar refractivity (Wildman–Crippen MR) is 105 cm³/mol. The van der Waals surface area contributed by atoms with Gasteiger partial charge in [-0.1, -0.05) is 72.3 Å². The number of amides is 1. The minimum Gasteiger partial charge on any atom is -0.392 e. The van der Waals surface area contributed by atoms with Crippen LogP contribution in [0.3, 0.4) is 0 Å². The van der Waals surface area contributed by atoms with Crippen LogP contribution in [-0.2, 0) is 11.4 Å². The molecule has 0 saturated heterocycles. The molecule has 4 nitrogen and oxygen atoms in total. The minimum absolute atomic E-state index is 0.0350. The fourth-order valence-electron chi connectivity index (χ4n) is 2.92. The molecular formula is C23H23NO3.